The lowest BCUT2D eigenvalue weighted by Gasteiger charge is -2.15. The first kappa shape index (κ1) is 13.4. The number of rotatable bonds is 6. The van der Waals surface area contributed by atoms with Gasteiger partial charge in [0.2, 0.25) is 11.8 Å². The minimum absolute atomic E-state index is 0.240. The minimum atomic E-state index is -1.14. The Kier molecular flexibility index (Phi) is 5.32. The molecule has 0 saturated carbocycles. The summed E-state index contributed by atoms with van der Waals surface area (Å²) in [5.74, 6) is -2.54. The SMILES string of the molecule is CC[C@@H](NC(=O)C(N)CC(N)=O)C(=O)O. The lowest BCUT2D eigenvalue weighted by Crippen LogP contribution is -2.49. The fourth-order valence-electron chi connectivity index (χ4n) is 0.927. The highest BCUT2D eigenvalue weighted by atomic mass is 16.4. The van der Waals surface area contributed by atoms with E-state index in [0.717, 1.165) is 0 Å². The number of hydrogen-bond donors (Lipinski definition) is 4. The standard InChI is InChI=1S/C8H15N3O4/c1-2-5(8(14)15)11-7(13)4(9)3-6(10)12/h4-5H,2-3,9H2,1H3,(H2,10,12)(H,11,13)(H,14,15)/t4?,5-/m1/s1. The summed E-state index contributed by atoms with van der Waals surface area (Å²) in [6, 6.07) is -2.09. The van der Waals surface area contributed by atoms with Gasteiger partial charge in [0.1, 0.15) is 6.04 Å². The van der Waals surface area contributed by atoms with Gasteiger partial charge in [-0.05, 0) is 6.42 Å². The molecule has 7 heteroatoms. The van der Waals surface area contributed by atoms with Gasteiger partial charge in [0.05, 0.1) is 12.5 Å². The Morgan fingerprint density at radius 2 is 1.93 bits per heavy atom. The summed E-state index contributed by atoms with van der Waals surface area (Å²) in [6.07, 6.45) is -0.0632. The van der Waals surface area contributed by atoms with Gasteiger partial charge in [-0.2, -0.15) is 0 Å². The number of carboxylic acid groups (broad SMARTS) is 1. The molecule has 0 fully saturated rings. The number of amides is 2. The Labute approximate surface area is 86.8 Å². The second-order valence-corrected chi connectivity index (χ2v) is 3.08. The van der Waals surface area contributed by atoms with E-state index < -0.39 is 29.9 Å². The first-order valence-corrected chi connectivity index (χ1v) is 4.45. The lowest BCUT2D eigenvalue weighted by atomic mass is 10.1. The van der Waals surface area contributed by atoms with Gasteiger partial charge in [-0.1, -0.05) is 6.92 Å². The molecule has 0 aromatic rings. The van der Waals surface area contributed by atoms with Crippen LogP contribution in [0, 0.1) is 0 Å². The van der Waals surface area contributed by atoms with Gasteiger partial charge in [0.15, 0.2) is 0 Å². The molecule has 7 nitrogen and oxygen atoms in total. The maximum Gasteiger partial charge on any atom is 0.326 e. The summed E-state index contributed by atoms with van der Waals surface area (Å²) in [4.78, 5) is 32.3. The quantitative estimate of drug-likeness (QED) is 0.415. The van der Waals surface area contributed by atoms with Crippen molar-refractivity contribution < 1.29 is 19.5 Å². The Hall–Kier alpha value is -1.63. The van der Waals surface area contributed by atoms with Crippen molar-refractivity contribution in [2.24, 2.45) is 11.5 Å². The van der Waals surface area contributed by atoms with Crippen LogP contribution in [0.25, 0.3) is 0 Å². The van der Waals surface area contributed by atoms with Gasteiger partial charge in [-0.3, -0.25) is 9.59 Å². The zero-order chi connectivity index (χ0) is 12.0. The first-order valence-electron chi connectivity index (χ1n) is 4.45. The normalized spacial score (nSPS) is 14.0. The van der Waals surface area contributed by atoms with E-state index >= 15 is 0 Å². The average Bonchev–Trinajstić information content (AvgIpc) is 2.11. The number of carboxylic acids is 1. The van der Waals surface area contributed by atoms with Crippen molar-refractivity contribution in [2.75, 3.05) is 0 Å². The monoisotopic (exact) mass is 217 g/mol. The van der Waals surface area contributed by atoms with Crippen LogP contribution in [0.4, 0.5) is 0 Å². The van der Waals surface area contributed by atoms with Crippen LogP contribution in [0.3, 0.4) is 0 Å². The van der Waals surface area contributed by atoms with Crippen molar-refractivity contribution in [1.29, 1.82) is 0 Å². The van der Waals surface area contributed by atoms with Crippen molar-refractivity contribution in [3.8, 4) is 0 Å². The van der Waals surface area contributed by atoms with Crippen molar-refractivity contribution in [2.45, 2.75) is 31.8 Å². The molecular weight excluding hydrogens is 202 g/mol. The summed E-state index contributed by atoms with van der Waals surface area (Å²) >= 11 is 0. The van der Waals surface area contributed by atoms with Crippen LogP contribution in [0.2, 0.25) is 0 Å². The molecule has 6 N–H and O–H groups in total. The number of hydrogen-bond acceptors (Lipinski definition) is 4. The number of nitrogens with one attached hydrogen (secondary N) is 1. The smallest absolute Gasteiger partial charge is 0.326 e. The highest BCUT2D eigenvalue weighted by Crippen LogP contribution is 1.94. The van der Waals surface area contributed by atoms with Crippen LogP contribution in [0.1, 0.15) is 19.8 Å². The summed E-state index contributed by atoms with van der Waals surface area (Å²) < 4.78 is 0. The molecular formula is C8H15N3O4. The Morgan fingerprint density at radius 1 is 1.40 bits per heavy atom. The first-order chi connectivity index (χ1) is 6.88. The number of nitrogens with two attached hydrogens (primary N) is 2. The van der Waals surface area contributed by atoms with Crippen molar-refractivity contribution >= 4 is 17.8 Å². The molecule has 0 aromatic heterocycles. The van der Waals surface area contributed by atoms with Crippen LogP contribution < -0.4 is 16.8 Å². The van der Waals surface area contributed by atoms with Crippen LogP contribution in [0.5, 0.6) is 0 Å². The highest BCUT2D eigenvalue weighted by molar-refractivity contribution is 5.90. The summed E-state index contributed by atoms with van der Waals surface area (Å²) in [5, 5.41) is 10.8. The average molecular weight is 217 g/mol. The van der Waals surface area contributed by atoms with Crippen molar-refractivity contribution in [3.63, 3.8) is 0 Å². The fraction of sp³-hybridized carbons (Fsp3) is 0.625. The molecule has 15 heavy (non-hydrogen) atoms. The molecule has 0 spiro atoms. The summed E-state index contributed by atoms with van der Waals surface area (Å²) in [7, 11) is 0. The number of aliphatic carboxylic acids is 1. The molecule has 86 valence electrons. The Morgan fingerprint density at radius 3 is 2.27 bits per heavy atom. The van der Waals surface area contributed by atoms with Gasteiger partial charge < -0.3 is 21.9 Å². The molecule has 0 aromatic carbocycles. The Balaban J connectivity index is 4.21. The predicted octanol–water partition coefficient (Wildman–Crippen LogP) is -1.83. The van der Waals surface area contributed by atoms with E-state index in [1.165, 1.54) is 0 Å². The summed E-state index contributed by atoms with van der Waals surface area (Å²) in [6.45, 7) is 1.61. The molecule has 2 amide bonds. The van der Waals surface area contributed by atoms with Gasteiger partial charge in [0, 0.05) is 0 Å². The molecule has 0 aliphatic carbocycles. The second-order valence-electron chi connectivity index (χ2n) is 3.08. The molecule has 0 aliphatic heterocycles. The topological polar surface area (TPSA) is 136 Å². The third kappa shape index (κ3) is 4.96. The maximum absolute atomic E-state index is 11.2. The van der Waals surface area contributed by atoms with Crippen LogP contribution in [-0.2, 0) is 14.4 Å². The summed E-state index contributed by atoms with van der Waals surface area (Å²) in [5.41, 5.74) is 10.2. The molecule has 0 bridgehead atoms. The van der Waals surface area contributed by atoms with E-state index in [1.54, 1.807) is 6.92 Å². The largest absolute Gasteiger partial charge is 0.480 e. The van der Waals surface area contributed by atoms with E-state index in [9.17, 15) is 14.4 Å². The highest BCUT2D eigenvalue weighted by Gasteiger charge is 2.22. The third-order valence-electron chi connectivity index (χ3n) is 1.78. The third-order valence-corrected chi connectivity index (χ3v) is 1.78. The van der Waals surface area contributed by atoms with Crippen molar-refractivity contribution in [1.82, 2.24) is 5.32 Å². The molecule has 0 radical (unpaired) electrons. The number of primary amides is 1. The minimum Gasteiger partial charge on any atom is -0.480 e. The number of carbonyl (C=O) groups excluding carboxylic acids is 2. The second kappa shape index (κ2) is 5.97. The maximum atomic E-state index is 11.2. The molecule has 0 rings (SSSR count). The van der Waals surface area contributed by atoms with Crippen molar-refractivity contribution in [3.05, 3.63) is 0 Å². The van der Waals surface area contributed by atoms with E-state index in [2.05, 4.69) is 5.32 Å². The number of carbonyl (C=O) groups is 3. The molecule has 0 saturated heterocycles. The van der Waals surface area contributed by atoms with Gasteiger partial charge in [0.25, 0.3) is 0 Å². The van der Waals surface area contributed by atoms with Gasteiger partial charge in [-0.25, -0.2) is 4.79 Å². The fourth-order valence-corrected chi connectivity index (χ4v) is 0.927. The molecule has 1 unspecified atom stereocenters. The van der Waals surface area contributed by atoms with E-state index in [4.69, 9.17) is 16.6 Å². The lowest BCUT2D eigenvalue weighted by molar-refractivity contribution is -0.142. The van der Waals surface area contributed by atoms with Gasteiger partial charge in [-0.15, -0.1) is 0 Å². The zero-order valence-electron chi connectivity index (χ0n) is 8.40. The van der Waals surface area contributed by atoms with E-state index in [-0.39, 0.29) is 12.8 Å². The molecule has 0 aliphatic rings. The van der Waals surface area contributed by atoms with E-state index in [1.807, 2.05) is 0 Å². The molecule has 0 heterocycles. The van der Waals surface area contributed by atoms with Crippen LogP contribution >= 0.6 is 0 Å². The molecule has 2 atom stereocenters. The predicted molar refractivity (Wildman–Crippen MR) is 51.6 cm³/mol. The zero-order valence-corrected chi connectivity index (χ0v) is 8.40. The van der Waals surface area contributed by atoms with E-state index in [0.29, 0.717) is 0 Å². The Bertz CT molecular complexity index is 267. The van der Waals surface area contributed by atoms with Crippen LogP contribution in [-0.4, -0.2) is 35.0 Å². The van der Waals surface area contributed by atoms with Gasteiger partial charge >= 0.3 is 5.97 Å². The van der Waals surface area contributed by atoms with Crippen LogP contribution in [0.15, 0.2) is 0 Å².